The van der Waals surface area contributed by atoms with E-state index in [1.54, 1.807) is 12.1 Å². The van der Waals surface area contributed by atoms with Gasteiger partial charge in [0.25, 0.3) is 0 Å². The molecule has 1 aromatic rings. The van der Waals surface area contributed by atoms with Crippen molar-refractivity contribution in [1.29, 1.82) is 5.26 Å². The highest BCUT2D eigenvalue weighted by molar-refractivity contribution is 6.74. The zero-order valence-electron chi connectivity index (χ0n) is 17.0. The number of halogens is 1. The van der Waals surface area contributed by atoms with Crippen LogP contribution in [0.5, 0.6) is 0 Å². The van der Waals surface area contributed by atoms with E-state index in [1.807, 2.05) is 4.90 Å². The van der Waals surface area contributed by atoms with Crippen LogP contribution in [0.3, 0.4) is 0 Å². The highest BCUT2D eigenvalue weighted by Crippen LogP contribution is 2.39. The minimum Gasteiger partial charge on any atom is -0.465 e. The molecule has 1 aliphatic heterocycles. The molecule has 154 valence electrons. The summed E-state index contributed by atoms with van der Waals surface area (Å²) in [5.74, 6) is 0. The van der Waals surface area contributed by atoms with Crippen molar-refractivity contribution in [2.45, 2.75) is 57.5 Å². The first-order valence-corrected chi connectivity index (χ1v) is 12.6. The number of nitrogens with zero attached hydrogens (tertiary/aromatic N) is 2. The fourth-order valence-corrected chi connectivity index (χ4v) is 4.64. The van der Waals surface area contributed by atoms with Crippen molar-refractivity contribution in [3.63, 3.8) is 0 Å². The third-order valence-corrected chi connectivity index (χ3v) is 10.6. The molecule has 1 heterocycles. The molecule has 7 nitrogen and oxygen atoms in total. The predicted molar refractivity (Wildman–Crippen MR) is 114 cm³/mol. The average molecular weight is 425 g/mol. The van der Waals surface area contributed by atoms with E-state index in [1.165, 1.54) is 0 Å². The number of carbonyl (C=O) groups is 1. The molecule has 1 amide bonds. The molecule has 2 atom stereocenters. The fraction of sp³-hybridized carbons (Fsp3) is 0.579. The maximum atomic E-state index is 11.3. The molecule has 1 aromatic carbocycles. The van der Waals surface area contributed by atoms with Gasteiger partial charge in [-0.3, -0.25) is 0 Å². The highest BCUT2D eigenvalue weighted by atomic mass is 35.5. The quantitative estimate of drug-likeness (QED) is 0.497. The second-order valence-electron chi connectivity index (χ2n) is 8.72. The summed E-state index contributed by atoms with van der Waals surface area (Å²) in [6.07, 6.45) is -0.816. The Morgan fingerprint density at radius 3 is 2.64 bits per heavy atom. The molecular weight excluding hydrogens is 396 g/mol. The molecular formula is C19H29ClN4O3Si. The summed E-state index contributed by atoms with van der Waals surface area (Å²) in [5, 5.41) is 21.5. The van der Waals surface area contributed by atoms with E-state index >= 15 is 0 Å². The minimum absolute atomic E-state index is 0.00809. The summed E-state index contributed by atoms with van der Waals surface area (Å²) >= 11 is 6.41. The van der Waals surface area contributed by atoms with E-state index in [9.17, 15) is 15.2 Å². The number of rotatable bonds is 4. The summed E-state index contributed by atoms with van der Waals surface area (Å²) in [7, 11) is -2.13. The van der Waals surface area contributed by atoms with Gasteiger partial charge in [-0.15, -0.1) is 0 Å². The molecule has 0 aromatic heterocycles. The lowest BCUT2D eigenvalue weighted by atomic mass is 10.0. The Kier molecular flexibility index (Phi) is 6.54. The Bertz CT molecular complexity index is 789. The molecule has 4 N–H and O–H groups in total. The minimum atomic E-state index is -2.13. The fourth-order valence-electron chi connectivity index (χ4n) is 3.06. The number of anilines is 2. The number of benzene rings is 1. The van der Waals surface area contributed by atoms with Gasteiger partial charge in [-0.1, -0.05) is 32.4 Å². The lowest BCUT2D eigenvalue weighted by Crippen LogP contribution is -2.59. The Labute approximate surface area is 172 Å². The van der Waals surface area contributed by atoms with E-state index in [-0.39, 0.29) is 17.2 Å². The zero-order chi connectivity index (χ0) is 21.3. The first kappa shape index (κ1) is 22.3. The molecule has 0 aliphatic carbocycles. The number of carboxylic acid groups (broad SMARTS) is 1. The topological polar surface area (TPSA) is 112 Å². The van der Waals surface area contributed by atoms with Crippen molar-refractivity contribution >= 4 is 37.4 Å². The lowest BCUT2D eigenvalue weighted by Gasteiger charge is -2.46. The van der Waals surface area contributed by atoms with Crippen LogP contribution in [0.1, 0.15) is 32.8 Å². The molecule has 1 fully saturated rings. The van der Waals surface area contributed by atoms with Crippen molar-refractivity contribution in [2.24, 2.45) is 0 Å². The van der Waals surface area contributed by atoms with Crippen LogP contribution in [0.2, 0.25) is 23.2 Å². The molecule has 0 radical (unpaired) electrons. The number of nitriles is 1. The Morgan fingerprint density at radius 1 is 1.46 bits per heavy atom. The maximum Gasteiger partial charge on any atom is 0.404 e. The SMILES string of the molecule is CC(C)(C)[Si](C)(C)OC1CN(c2cc(C#N)cc(N)c2Cl)CCC1NC(=O)O. The van der Waals surface area contributed by atoms with Gasteiger partial charge in [-0.2, -0.15) is 5.26 Å². The molecule has 1 aliphatic rings. The zero-order valence-corrected chi connectivity index (χ0v) is 18.8. The summed E-state index contributed by atoms with van der Waals surface area (Å²) < 4.78 is 6.57. The number of hydrogen-bond acceptors (Lipinski definition) is 5. The molecule has 28 heavy (non-hydrogen) atoms. The monoisotopic (exact) mass is 424 g/mol. The molecule has 0 bridgehead atoms. The van der Waals surface area contributed by atoms with Crippen molar-refractivity contribution in [3.8, 4) is 6.07 Å². The number of nitrogens with two attached hydrogens (primary N) is 1. The predicted octanol–water partition coefficient (Wildman–Crippen LogP) is 4.03. The largest absolute Gasteiger partial charge is 0.465 e. The number of nitrogens with one attached hydrogen (secondary N) is 1. The number of piperidine rings is 1. The van der Waals surface area contributed by atoms with Crippen LogP contribution in [0.4, 0.5) is 16.2 Å². The van der Waals surface area contributed by atoms with E-state index < -0.39 is 14.4 Å². The molecule has 2 rings (SSSR count). The summed E-state index contributed by atoms with van der Waals surface area (Å²) in [4.78, 5) is 13.3. The van der Waals surface area contributed by atoms with Crippen molar-refractivity contribution in [1.82, 2.24) is 5.32 Å². The van der Waals surface area contributed by atoms with Crippen LogP contribution in [0.15, 0.2) is 12.1 Å². The van der Waals surface area contributed by atoms with Crippen LogP contribution in [0, 0.1) is 11.3 Å². The van der Waals surface area contributed by atoms with Crippen molar-refractivity contribution < 1.29 is 14.3 Å². The highest BCUT2D eigenvalue weighted by Gasteiger charge is 2.43. The Morgan fingerprint density at radius 2 is 2.11 bits per heavy atom. The van der Waals surface area contributed by atoms with Crippen LogP contribution in [0.25, 0.3) is 0 Å². The van der Waals surface area contributed by atoms with Gasteiger partial charge in [0.15, 0.2) is 8.32 Å². The molecule has 9 heteroatoms. The first-order chi connectivity index (χ1) is 12.9. The van der Waals surface area contributed by atoms with Crippen LogP contribution >= 0.6 is 11.6 Å². The summed E-state index contributed by atoms with van der Waals surface area (Å²) in [6, 6.07) is 5.06. The summed E-state index contributed by atoms with van der Waals surface area (Å²) in [6.45, 7) is 11.8. The van der Waals surface area contributed by atoms with Crippen LogP contribution < -0.4 is 16.0 Å². The van der Waals surface area contributed by atoms with Gasteiger partial charge in [0.1, 0.15) is 0 Å². The van der Waals surface area contributed by atoms with Gasteiger partial charge < -0.3 is 25.5 Å². The van der Waals surface area contributed by atoms with Crippen molar-refractivity contribution in [3.05, 3.63) is 22.7 Å². The first-order valence-electron chi connectivity index (χ1n) is 9.27. The number of amides is 1. The van der Waals surface area contributed by atoms with E-state index in [0.29, 0.717) is 41.5 Å². The molecule has 2 unspecified atom stereocenters. The summed E-state index contributed by atoms with van der Waals surface area (Å²) in [5.41, 5.74) is 7.43. The van der Waals surface area contributed by atoms with Crippen molar-refractivity contribution in [2.75, 3.05) is 23.7 Å². The van der Waals surface area contributed by atoms with Gasteiger partial charge in [0.2, 0.25) is 0 Å². The van der Waals surface area contributed by atoms with E-state index in [2.05, 4.69) is 45.3 Å². The number of hydrogen-bond donors (Lipinski definition) is 3. The van der Waals surface area contributed by atoms with Gasteiger partial charge in [0, 0.05) is 13.1 Å². The van der Waals surface area contributed by atoms with Gasteiger partial charge in [-0.05, 0) is 36.7 Å². The third kappa shape index (κ3) is 4.90. The van der Waals surface area contributed by atoms with Crippen LogP contribution in [-0.2, 0) is 4.43 Å². The van der Waals surface area contributed by atoms with E-state index in [4.69, 9.17) is 21.8 Å². The second-order valence-corrected chi connectivity index (χ2v) is 13.9. The molecule has 0 saturated carbocycles. The standard InChI is InChI=1S/C19H29ClN4O3Si/c1-19(2,3)28(4,5)27-16-11-24(7-6-14(16)23-18(25)26)15-9-12(10-21)8-13(22)17(15)20/h8-9,14,16,23H,6-7,11,22H2,1-5H3,(H,25,26). The van der Waals surface area contributed by atoms with Gasteiger partial charge >= 0.3 is 6.09 Å². The molecule has 0 spiro atoms. The second kappa shape index (κ2) is 8.19. The number of nitrogen functional groups attached to an aromatic ring is 1. The maximum absolute atomic E-state index is 11.3. The third-order valence-electron chi connectivity index (χ3n) is 5.67. The van der Waals surface area contributed by atoms with Gasteiger partial charge in [0.05, 0.1) is 40.2 Å². The Balaban J connectivity index is 2.34. The smallest absolute Gasteiger partial charge is 0.404 e. The van der Waals surface area contributed by atoms with Crippen LogP contribution in [-0.4, -0.2) is 44.8 Å². The average Bonchev–Trinajstić information content (AvgIpc) is 2.57. The Hall–Kier alpha value is -1.95. The lowest BCUT2D eigenvalue weighted by molar-refractivity contribution is 0.115. The van der Waals surface area contributed by atoms with Gasteiger partial charge in [-0.25, -0.2) is 4.79 Å². The molecule has 1 saturated heterocycles. The normalized spacial score (nSPS) is 20.5. The van der Waals surface area contributed by atoms with E-state index in [0.717, 1.165) is 0 Å².